The van der Waals surface area contributed by atoms with Crippen molar-refractivity contribution in [2.24, 2.45) is 0 Å². The molecular formula is C6H13BrNO+. The van der Waals surface area contributed by atoms with E-state index in [0.717, 1.165) is 17.5 Å². The number of ether oxygens (including phenoxy) is 1. The van der Waals surface area contributed by atoms with Gasteiger partial charge in [0.1, 0.15) is 11.8 Å². The second kappa shape index (κ2) is 4.82. The Hall–Kier alpha value is -0.0200. The third kappa shape index (κ3) is 3.54. The Bertz CT molecular complexity index is 95.1. The first-order chi connectivity index (χ1) is 4.22. The first kappa shape index (κ1) is 8.98. The van der Waals surface area contributed by atoms with Crippen molar-refractivity contribution >= 4 is 15.9 Å². The summed E-state index contributed by atoms with van der Waals surface area (Å²) in [6, 6.07) is 0.217. The lowest BCUT2D eigenvalue weighted by Crippen LogP contribution is -2.61. The van der Waals surface area contributed by atoms with Crippen molar-refractivity contribution in [1.29, 1.82) is 0 Å². The smallest absolute Gasteiger partial charge is 0.146 e. The van der Waals surface area contributed by atoms with Crippen LogP contribution in [-0.2, 0) is 4.74 Å². The molecule has 1 unspecified atom stereocenters. The average Bonchev–Trinajstić information content (AvgIpc) is 1.87. The van der Waals surface area contributed by atoms with Crippen molar-refractivity contribution in [3.63, 3.8) is 0 Å². The van der Waals surface area contributed by atoms with Crippen LogP contribution in [0.15, 0.2) is 12.3 Å². The Balaban J connectivity index is 3.45. The zero-order valence-electron chi connectivity index (χ0n) is 5.69. The van der Waals surface area contributed by atoms with Gasteiger partial charge in [0.2, 0.25) is 0 Å². The van der Waals surface area contributed by atoms with E-state index in [0.29, 0.717) is 0 Å². The molecular weight excluding hydrogens is 182 g/mol. The van der Waals surface area contributed by atoms with Crippen LogP contribution in [-0.4, -0.2) is 18.5 Å². The van der Waals surface area contributed by atoms with E-state index in [2.05, 4.69) is 28.2 Å². The van der Waals surface area contributed by atoms with Crippen LogP contribution in [0.25, 0.3) is 0 Å². The molecule has 0 heterocycles. The molecule has 0 aromatic carbocycles. The molecule has 3 heteroatoms. The van der Waals surface area contributed by atoms with E-state index in [1.807, 2.05) is 0 Å². The van der Waals surface area contributed by atoms with Gasteiger partial charge in [0.25, 0.3) is 0 Å². The normalized spacial score (nSPS) is 12.8. The summed E-state index contributed by atoms with van der Waals surface area (Å²) in [6.07, 6.45) is 0.979. The number of hydrogen-bond acceptors (Lipinski definition) is 1. The third-order valence-corrected chi connectivity index (χ3v) is 1.63. The van der Waals surface area contributed by atoms with Gasteiger partial charge in [0.05, 0.1) is 7.11 Å². The fraction of sp³-hybridized carbons (Fsp3) is 0.667. The first-order valence-electron chi connectivity index (χ1n) is 2.84. The minimum absolute atomic E-state index is 0.217. The van der Waals surface area contributed by atoms with Crippen LogP contribution in [0.1, 0.15) is 6.42 Å². The lowest BCUT2D eigenvalue weighted by atomic mass is 10.2. The second-order valence-corrected chi connectivity index (χ2v) is 2.64. The van der Waals surface area contributed by atoms with E-state index < -0.39 is 0 Å². The van der Waals surface area contributed by atoms with Gasteiger partial charge >= 0.3 is 0 Å². The van der Waals surface area contributed by atoms with E-state index >= 15 is 0 Å². The highest BCUT2D eigenvalue weighted by atomic mass is 79.9. The molecule has 0 bridgehead atoms. The van der Waals surface area contributed by atoms with Gasteiger partial charge in [-0.25, -0.2) is 0 Å². The highest BCUT2D eigenvalue weighted by Crippen LogP contribution is 2.00. The average molecular weight is 195 g/mol. The van der Waals surface area contributed by atoms with Crippen molar-refractivity contribution in [3.8, 4) is 0 Å². The molecule has 0 aromatic heterocycles. The molecule has 0 aliphatic rings. The quantitative estimate of drug-likeness (QED) is 0.516. The fourth-order valence-corrected chi connectivity index (χ4v) is 1.01. The molecule has 0 radical (unpaired) electrons. The van der Waals surface area contributed by atoms with E-state index in [-0.39, 0.29) is 6.04 Å². The molecule has 0 saturated heterocycles. The van der Waals surface area contributed by atoms with Crippen molar-refractivity contribution in [1.82, 2.24) is 0 Å². The third-order valence-electron chi connectivity index (χ3n) is 1.18. The summed E-state index contributed by atoms with van der Waals surface area (Å²) in [5, 5.41) is 0.948. The second-order valence-electron chi connectivity index (χ2n) is 1.85. The van der Waals surface area contributed by atoms with Gasteiger partial charge in [-0.1, -0.05) is 22.5 Å². The zero-order chi connectivity index (χ0) is 7.28. The lowest BCUT2D eigenvalue weighted by molar-refractivity contribution is -0.413. The molecule has 0 amide bonds. The summed E-state index contributed by atoms with van der Waals surface area (Å²) in [4.78, 5) is 0. The maximum atomic E-state index is 4.89. The van der Waals surface area contributed by atoms with Crippen LogP contribution in [0.5, 0.6) is 0 Å². The largest absolute Gasteiger partial charge is 0.495 e. The maximum absolute atomic E-state index is 4.89. The molecule has 2 nitrogen and oxygen atoms in total. The molecule has 0 aromatic rings. The van der Waals surface area contributed by atoms with E-state index in [1.54, 1.807) is 7.11 Å². The van der Waals surface area contributed by atoms with Crippen LogP contribution < -0.4 is 5.73 Å². The minimum atomic E-state index is 0.217. The molecule has 0 saturated carbocycles. The number of halogens is 1. The molecule has 1 atom stereocenters. The zero-order valence-corrected chi connectivity index (χ0v) is 7.28. The van der Waals surface area contributed by atoms with Crippen molar-refractivity contribution in [2.75, 3.05) is 12.4 Å². The monoisotopic (exact) mass is 194 g/mol. The highest BCUT2D eigenvalue weighted by Gasteiger charge is 2.08. The van der Waals surface area contributed by atoms with Gasteiger partial charge < -0.3 is 10.5 Å². The molecule has 3 N–H and O–H groups in total. The Kier molecular flexibility index (Phi) is 4.81. The standard InChI is InChI=1S/C6H12BrNO/c1-5(9-2)6(8)3-4-7/h6H,1,3-4,8H2,2H3/p+1. The number of hydrogen-bond donors (Lipinski definition) is 1. The van der Waals surface area contributed by atoms with Crippen LogP contribution in [0.2, 0.25) is 0 Å². The van der Waals surface area contributed by atoms with Crippen LogP contribution in [0.3, 0.4) is 0 Å². The maximum Gasteiger partial charge on any atom is 0.146 e. The Labute approximate surface area is 64.2 Å². The number of rotatable bonds is 4. The molecule has 0 aliphatic heterocycles. The summed E-state index contributed by atoms with van der Waals surface area (Å²) < 4.78 is 4.89. The number of methoxy groups -OCH3 is 1. The van der Waals surface area contributed by atoms with Gasteiger partial charge in [-0.3, -0.25) is 0 Å². The van der Waals surface area contributed by atoms with Gasteiger partial charge in [0.15, 0.2) is 0 Å². The number of quaternary nitrogens is 1. The van der Waals surface area contributed by atoms with Crippen LogP contribution >= 0.6 is 15.9 Å². The van der Waals surface area contributed by atoms with Crippen LogP contribution in [0, 0.1) is 0 Å². The van der Waals surface area contributed by atoms with Crippen molar-refractivity contribution < 1.29 is 10.5 Å². The SMILES string of the molecule is C=C(OC)C([NH3+])CCBr. The molecule has 0 spiro atoms. The van der Waals surface area contributed by atoms with Gasteiger partial charge in [0, 0.05) is 11.8 Å². The van der Waals surface area contributed by atoms with E-state index in [4.69, 9.17) is 4.74 Å². The summed E-state index contributed by atoms with van der Waals surface area (Å²) in [7, 11) is 1.62. The lowest BCUT2D eigenvalue weighted by Gasteiger charge is -2.07. The number of alkyl halides is 1. The Morgan fingerprint density at radius 3 is 2.78 bits per heavy atom. The fourth-order valence-electron chi connectivity index (χ4n) is 0.459. The summed E-state index contributed by atoms with van der Waals surface area (Å²) in [5.41, 5.74) is 3.84. The van der Waals surface area contributed by atoms with Crippen molar-refractivity contribution in [3.05, 3.63) is 12.3 Å². The Morgan fingerprint density at radius 1 is 1.89 bits per heavy atom. The van der Waals surface area contributed by atoms with Crippen molar-refractivity contribution in [2.45, 2.75) is 12.5 Å². The van der Waals surface area contributed by atoms with E-state index in [9.17, 15) is 0 Å². The highest BCUT2D eigenvalue weighted by molar-refractivity contribution is 9.09. The molecule has 0 fully saturated rings. The summed E-state index contributed by atoms with van der Waals surface area (Å²) >= 11 is 3.31. The molecule has 0 aliphatic carbocycles. The van der Waals surface area contributed by atoms with Gasteiger partial charge in [-0.2, -0.15) is 0 Å². The van der Waals surface area contributed by atoms with E-state index in [1.165, 1.54) is 0 Å². The predicted octanol–water partition coefficient (Wildman–Crippen LogP) is 0.542. The minimum Gasteiger partial charge on any atom is -0.495 e. The topological polar surface area (TPSA) is 36.9 Å². The summed E-state index contributed by atoms with van der Waals surface area (Å²) in [5.74, 6) is 0.759. The molecule has 0 rings (SSSR count). The van der Waals surface area contributed by atoms with Gasteiger partial charge in [-0.15, -0.1) is 0 Å². The molecule has 9 heavy (non-hydrogen) atoms. The van der Waals surface area contributed by atoms with Gasteiger partial charge in [-0.05, 0) is 0 Å². The predicted molar refractivity (Wildman–Crippen MR) is 41.2 cm³/mol. The summed E-state index contributed by atoms with van der Waals surface area (Å²) in [6.45, 7) is 3.69. The first-order valence-corrected chi connectivity index (χ1v) is 3.96. The van der Waals surface area contributed by atoms with Crippen LogP contribution in [0.4, 0.5) is 0 Å². The Morgan fingerprint density at radius 2 is 2.44 bits per heavy atom. The molecule has 54 valence electrons.